The first kappa shape index (κ1) is 36.7. The maximum absolute atomic E-state index is 13.6. The van der Waals surface area contributed by atoms with Gasteiger partial charge in [0.25, 0.3) is 5.91 Å². The highest BCUT2D eigenvalue weighted by molar-refractivity contribution is 7.14. The molecule has 0 bridgehead atoms. The summed E-state index contributed by atoms with van der Waals surface area (Å²) >= 11 is 1.43. The number of amides is 2. The van der Waals surface area contributed by atoms with Gasteiger partial charge in [-0.05, 0) is 47.2 Å². The molecular weight excluding hydrogens is 649 g/mol. The van der Waals surface area contributed by atoms with Crippen LogP contribution in [0.25, 0.3) is 22.5 Å². The lowest BCUT2D eigenvalue weighted by atomic mass is 9.94. The number of nitrogens with zero attached hydrogens (tertiary/aromatic N) is 3. The summed E-state index contributed by atoms with van der Waals surface area (Å²) in [5.41, 5.74) is 3.53. The first-order valence-corrected chi connectivity index (χ1v) is 18.4. The van der Waals surface area contributed by atoms with Crippen molar-refractivity contribution >= 4 is 29.1 Å². The number of rotatable bonds is 16. The largest absolute Gasteiger partial charge is 0.494 e. The van der Waals surface area contributed by atoms with Crippen molar-refractivity contribution in [2.24, 2.45) is 5.92 Å². The molecule has 1 atom stereocenters. The molecule has 2 aromatic carbocycles. The zero-order valence-corrected chi connectivity index (χ0v) is 30.3. The summed E-state index contributed by atoms with van der Waals surface area (Å²) in [6.45, 7) is 9.97. The summed E-state index contributed by atoms with van der Waals surface area (Å²) in [4.78, 5) is 50.5. The van der Waals surface area contributed by atoms with Crippen LogP contribution in [-0.4, -0.2) is 63.5 Å². The lowest BCUT2D eigenvalue weighted by Crippen LogP contribution is -2.57. The summed E-state index contributed by atoms with van der Waals surface area (Å²) in [6, 6.07) is 18.7. The van der Waals surface area contributed by atoms with E-state index in [9.17, 15) is 14.4 Å². The predicted octanol–water partition coefficient (Wildman–Crippen LogP) is 7.79. The van der Waals surface area contributed by atoms with Crippen molar-refractivity contribution in [2.45, 2.75) is 84.1 Å². The Morgan fingerprint density at radius 3 is 2.18 bits per heavy atom. The number of hydrogen-bond donors (Lipinski definition) is 2. The van der Waals surface area contributed by atoms with E-state index < -0.39 is 12.0 Å². The fourth-order valence-electron chi connectivity index (χ4n) is 5.93. The maximum atomic E-state index is 13.6. The Kier molecular flexibility index (Phi) is 12.4. The summed E-state index contributed by atoms with van der Waals surface area (Å²) in [5, 5.41) is 12.1. The third-order valence-electron chi connectivity index (χ3n) is 8.91. The average molecular weight is 697 g/mol. The minimum absolute atomic E-state index is 0.0244. The topological polar surface area (TPSA) is 122 Å². The molecule has 2 amide bonds. The van der Waals surface area contributed by atoms with E-state index in [-0.39, 0.29) is 29.6 Å². The van der Waals surface area contributed by atoms with Crippen LogP contribution >= 0.6 is 11.3 Å². The number of carboxylic acids is 1. The van der Waals surface area contributed by atoms with Crippen molar-refractivity contribution in [3.05, 3.63) is 88.4 Å². The Morgan fingerprint density at radius 1 is 0.900 bits per heavy atom. The van der Waals surface area contributed by atoms with Crippen molar-refractivity contribution in [1.82, 2.24) is 20.2 Å². The third-order valence-corrected chi connectivity index (χ3v) is 10.4. The number of unbranched alkanes of at least 4 members (excludes halogenated alkanes) is 4. The minimum Gasteiger partial charge on any atom is -0.494 e. The molecule has 5 rings (SSSR count). The van der Waals surface area contributed by atoms with Crippen LogP contribution in [0.1, 0.15) is 86.3 Å². The number of hydrogen-bond acceptors (Lipinski definition) is 7. The van der Waals surface area contributed by atoms with E-state index in [0.717, 1.165) is 45.9 Å². The SMILES string of the molecule is CCCCCCCOc1ccc(-c2cnc(-c3ccc(C[C@H](NC(=O)c4ccc(C(C)(C)C)s4)C(=O)N4CC(CC(=O)O)C4)cc3)nc2)cc1. The molecule has 2 N–H and O–H groups in total. The highest BCUT2D eigenvalue weighted by atomic mass is 32.1. The Balaban J connectivity index is 1.21. The molecule has 1 fully saturated rings. The molecule has 1 saturated heterocycles. The lowest BCUT2D eigenvalue weighted by molar-refractivity contribution is -0.146. The molecule has 50 heavy (non-hydrogen) atoms. The number of thiophene rings is 1. The van der Waals surface area contributed by atoms with Gasteiger partial charge in [-0.1, -0.05) is 89.8 Å². The third kappa shape index (κ3) is 10.00. The van der Waals surface area contributed by atoms with E-state index in [1.807, 2.05) is 67.0 Å². The number of likely N-dealkylation sites (tertiary alicyclic amines) is 1. The Morgan fingerprint density at radius 2 is 1.56 bits per heavy atom. The fraction of sp³-hybridized carbons (Fsp3) is 0.425. The molecule has 0 aliphatic carbocycles. The molecule has 0 spiro atoms. The second kappa shape index (κ2) is 16.9. The van der Waals surface area contributed by atoms with Crippen LogP contribution < -0.4 is 10.1 Å². The molecule has 0 unspecified atom stereocenters. The summed E-state index contributed by atoms with van der Waals surface area (Å²) in [5.74, 6) is -0.0103. The van der Waals surface area contributed by atoms with Gasteiger partial charge in [0, 0.05) is 53.8 Å². The van der Waals surface area contributed by atoms with Gasteiger partial charge in [0.05, 0.1) is 17.9 Å². The molecule has 0 saturated carbocycles. The van der Waals surface area contributed by atoms with Crippen LogP contribution in [0.4, 0.5) is 0 Å². The highest BCUT2D eigenvalue weighted by Crippen LogP contribution is 2.30. The normalized spacial score (nSPS) is 13.8. The number of ether oxygens (including phenoxy) is 1. The van der Waals surface area contributed by atoms with E-state index in [4.69, 9.17) is 9.84 Å². The van der Waals surface area contributed by atoms with Gasteiger partial charge in [0.2, 0.25) is 5.91 Å². The highest BCUT2D eigenvalue weighted by Gasteiger charge is 2.36. The monoisotopic (exact) mass is 696 g/mol. The van der Waals surface area contributed by atoms with Crippen LogP contribution in [0.3, 0.4) is 0 Å². The van der Waals surface area contributed by atoms with Gasteiger partial charge in [-0.25, -0.2) is 9.97 Å². The Labute approximate surface area is 299 Å². The van der Waals surface area contributed by atoms with E-state index in [0.29, 0.717) is 30.2 Å². The number of carbonyl (C=O) groups is 3. The molecular formula is C40H48N4O5S. The van der Waals surface area contributed by atoms with Crippen molar-refractivity contribution in [1.29, 1.82) is 0 Å². The summed E-state index contributed by atoms with van der Waals surface area (Å²) in [6.07, 6.45) is 9.97. The summed E-state index contributed by atoms with van der Waals surface area (Å²) < 4.78 is 5.90. The first-order valence-electron chi connectivity index (χ1n) is 17.6. The van der Waals surface area contributed by atoms with Crippen LogP contribution in [0, 0.1) is 5.92 Å². The first-order chi connectivity index (χ1) is 24.0. The molecule has 4 aromatic rings. The molecule has 2 aromatic heterocycles. The summed E-state index contributed by atoms with van der Waals surface area (Å²) in [7, 11) is 0. The quantitative estimate of drug-likeness (QED) is 0.115. The maximum Gasteiger partial charge on any atom is 0.303 e. The number of aromatic nitrogens is 2. The van der Waals surface area contributed by atoms with E-state index in [2.05, 4.69) is 43.0 Å². The number of nitrogens with one attached hydrogen (secondary N) is 1. The number of carboxylic acid groups (broad SMARTS) is 1. The number of aliphatic carboxylic acids is 1. The molecule has 0 radical (unpaired) electrons. The van der Waals surface area contributed by atoms with E-state index in [1.54, 1.807) is 11.0 Å². The van der Waals surface area contributed by atoms with Crippen LogP contribution in [0.15, 0.2) is 73.1 Å². The lowest BCUT2D eigenvalue weighted by Gasteiger charge is -2.40. The Hall–Kier alpha value is -4.57. The number of carbonyl (C=O) groups excluding carboxylic acids is 2. The van der Waals surface area contributed by atoms with Gasteiger partial charge in [-0.2, -0.15) is 0 Å². The molecule has 10 heteroatoms. The molecule has 264 valence electrons. The van der Waals surface area contributed by atoms with Gasteiger partial charge in [0.1, 0.15) is 11.8 Å². The second-order valence-corrected chi connectivity index (χ2v) is 15.2. The van der Waals surface area contributed by atoms with E-state index >= 15 is 0 Å². The van der Waals surface area contributed by atoms with Crippen molar-refractivity contribution in [2.75, 3.05) is 19.7 Å². The van der Waals surface area contributed by atoms with Crippen molar-refractivity contribution < 1.29 is 24.2 Å². The van der Waals surface area contributed by atoms with Gasteiger partial charge in [0.15, 0.2) is 5.82 Å². The molecule has 3 heterocycles. The fourth-order valence-corrected chi connectivity index (χ4v) is 6.90. The van der Waals surface area contributed by atoms with Crippen molar-refractivity contribution in [3.63, 3.8) is 0 Å². The molecule has 1 aliphatic rings. The van der Waals surface area contributed by atoms with Gasteiger partial charge in [-0.15, -0.1) is 11.3 Å². The minimum atomic E-state index is -0.874. The predicted molar refractivity (Wildman–Crippen MR) is 197 cm³/mol. The van der Waals surface area contributed by atoms with Gasteiger partial charge < -0.3 is 20.1 Å². The second-order valence-electron chi connectivity index (χ2n) is 14.1. The van der Waals surface area contributed by atoms with Gasteiger partial charge in [-0.3, -0.25) is 14.4 Å². The Bertz CT molecular complexity index is 1720. The van der Waals surface area contributed by atoms with Crippen molar-refractivity contribution in [3.8, 4) is 28.3 Å². The smallest absolute Gasteiger partial charge is 0.303 e. The van der Waals surface area contributed by atoms with Gasteiger partial charge >= 0.3 is 5.97 Å². The van der Waals surface area contributed by atoms with Crippen LogP contribution in [-0.2, 0) is 21.4 Å². The standard InChI is InChI=1S/C40H48N4O5S/c1-5-6-7-8-9-20-49-32-16-14-29(15-17-32)31-23-41-37(42-24-31)30-12-10-27(11-13-30)21-33(39(48)44-25-28(26-44)22-36(45)46)43-38(47)34-18-19-35(50-34)40(2,3)4/h10-19,23-24,28,33H,5-9,20-22,25-26H2,1-4H3,(H,43,47)(H,45,46)/t33-/m0/s1. The average Bonchev–Trinajstić information content (AvgIpc) is 3.60. The zero-order chi connectivity index (χ0) is 35.7. The van der Waals surface area contributed by atoms with E-state index in [1.165, 1.54) is 37.0 Å². The van der Waals surface area contributed by atoms with Crippen LogP contribution in [0.2, 0.25) is 0 Å². The zero-order valence-electron chi connectivity index (χ0n) is 29.5. The number of benzene rings is 2. The van der Waals surface area contributed by atoms with Crippen LogP contribution in [0.5, 0.6) is 5.75 Å². The molecule has 9 nitrogen and oxygen atoms in total. The molecule has 1 aliphatic heterocycles.